The van der Waals surface area contributed by atoms with Crippen molar-refractivity contribution in [1.29, 1.82) is 0 Å². The molecule has 1 unspecified atom stereocenters. The first-order valence-electron chi connectivity index (χ1n) is 7.74. The molecular formula is C16H16FN3O3. The van der Waals surface area contributed by atoms with Gasteiger partial charge >= 0.3 is 0 Å². The molecule has 1 saturated heterocycles. The molecule has 0 aromatic heterocycles. The maximum Gasteiger partial charge on any atom is 0.255 e. The number of fused-ring (bicyclic) bond motifs is 2. The molecule has 0 saturated carbocycles. The Morgan fingerprint density at radius 2 is 2.00 bits per heavy atom. The van der Waals surface area contributed by atoms with Gasteiger partial charge in [0.15, 0.2) is 0 Å². The molecule has 1 fully saturated rings. The first-order valence-corrected chi connectivity index (χ1v) is 7.74. The molecular weight excluding hydrogens is 301 g/mol. The summed E-state index contributed by atoms with van der Waals surface area (Å²) in [6.07, 6.45) is 1.16. The second-order valence-electron chi connectivity index (χ2n) is 6.18. The topological polar surface area (TPSA) is 78.5 Å². The fourth-order valence-electron chi connectivity index (χ4n) is 3.61. The predicted molar refractivity (Wildman–Crippen MR) is 77.9 cm³/mol. The number of nitrogens with zero attached hydrogens (tertiary/aromatic N) is 1. The lowest BCUT2D eigenvalue weighted by atomic mass is 9.94. The van der Waals surface area contributed by atoms with Crippen molar-refractivity contribution in [3.8, 4) is 0 Å². The number of amides is 3. The van der Waals surface area contributed by atoms with Crippen LogP contribution in [0, 0.1) is 5.82 Å². The van der Waals surface area contributed by atoms with Crippen LogP contribution in [0.1, 0.15) is 39.9 Å². The minimum absolute atomic E-state index is 0.0829. The van der Waals surface area contributed by atoms with E-state index in [1.165, 1.54) is 4.90 Å². The monoisotopic (exact) mass is 317 g/mol. The van der Waals surface area contributed by atoms with Crippen LogP contribution in [0.15, 0.2) is 6.07 Å². The number of imide groups is 1. The van der Waals surface area contributed by atoms with Gasteiger partial charge in [-0.05, 0) is 31.0 Å². The molecule has 2 N–H and O–H groups in total. The molecule has 6 nitrogen and oxygen atoms in total. The quantitative estimate of drug-likeness (QED) is 0.727. The van der Waals surface area contributed by atoms with Crippen LogP contribution < -0.4 is 10.6 Å². The second-order valence-corrected chi connectivity index (χ2v) is 6.18. The number of nitrogens with one attached hydrogen (secondary N) is 2. The van der Waals surface area contributed by atoms with Gasteiger partial charge in [-0.2, -0.15) is 0 Å². The highest BCUT2D eigenvalue weighted by atomic mass is 19.1. The number of carbonyl (C=O) groups is 3. The molecule has 3 aliphatic rings. The van der Waals surface area contributed by atoms with Crippen LogP contribution in [0.2, 0.25) is 0 Å². The van der Waals surface area contributed by atoms with Crippen molar-refractivity contribution in [3.63, 3.8) is 0 Å². The molecule has 0 radical (unpaired) electrons. The lowest BCUT2D eigenvalue weighted by Crippen LogP contribution is -2.52. The van der Waals surface area contributed by atoms with E-state index in [-0.39, 0.29) is 37.0 Å². The maximum absolute atomic E-state index is 14.8. The Bertz CT molecular complexity index is 747. The maximum atomic E-state index is 14.8. The fraction of sp³-hybridized carbons (Fsp3) is 0.438. The first kappa shape index (κ1) is 14.3. The van der Waals surface area contributed by atoms with E-state index in [0.29, 0.717) is 29.7 Å². The van der Waals surface area contributed by atoms with E-state index in [2.05, 4.69) is 10.6 Å². The number of halogens is 1. The van der Waals surface area contributed by atoms with Gasteiger partial charge in [-0.1, -0.05) is 0 Å². The standard InChI is InChI=1S/C16H16FN3O3/c17-14-10-6-18-4-3-8(10)5-9-11(14)7-20(16(9)23)12-1-2-13(21)19-15(12)22/h5,12,18H,1-4,6-7H2,(H,19,21,22). The summed E-state index contributed by atoms with van der Waals surface area (Å²) in [7, 11) is 0. The van der Waals surface area contributed by atoms with Crippen LogP contribution >= 0.6 is 0 Å². The van der Waals surface area contributed by atoms with Crippen molar-refractivity contribution in [1.82, 2.24) is 15.5 Å². The van der Waals surface area contributed by atoms with E-state index >= 15 is 0 Å². The summed E-state index contributed by atoms with van der Waals surface area (Å²) in [4.78, 5) is 37.3. The van der Waals surface area contributed by atoms with Crippen molar-refractivity contribution >= 4 is 17.7 Å². The molecule has 1 aromatic carbocycles. The van der Waals surface area contributed by atoms with Gasteiger partial charge in [0.05, 0.1) is 6.54 Å². The van der Waals surface area contributed by atoms with Crippen molar-refractivity contribution in [2.45, 2.75) is 38.4 Å². The third-order valence-electron chi connectivity index (χ3n) is 4.84. The van der Waals surface area contributed by atoms with E-state index < -0.39 is 11.9 Å². The molecule has 3 amide bonds. The van der Waals surface area contributed by atoms with E-state index in [1.54, 1.807) is 6.07 Å². The summed E-state index contributed by atoms with van der Waals surface area (Å²) in [5.41, 5.74) is 2.20. The zero-order chi connectivity index (χ0) is 16.1. The van der Waals surface area contributed by atoms with Crippen LogP contribution in [0.3, 0.4) is 0 Å². The van der Waals surface area contributed by atoms with Crippen molar-refractivity contribution in [2.24, 2.45) is 0 Å². The Balaban J connectivity index is 1.69. The molecule has 3 heterocycles. The number of hydrogen-bond acceptors (Lipinski definition) is 4. The summed E-state index contributed by atoms with van der Waals surface area (Å²) in [6, 6.07) is 1.06. The highest BCUT2D eigenvalue weighted by Gasteiger charge is 2.41. The predicted octanol–water partition coefficient (Wildman–Crippen LogP) is 0.232. The number of hydrogen-bond donors (Lipinski definition) is 2. The molecule has 120 valence electrons. The molecule has 0 spiro atoms. The van der Waals surface area contributed by atoms with Gasteiger partial charge in [-0.25, -0.2) is 4.39 Å². The van der Waals surface area contributed by atoms with E-state index in [4.69, 9.17) is 0 Å². The molecule has 1 aromatic rings. The third-order valence-corrected chi connectivity index (χ3v) is 4.84. The number of benzene rings is 1. The largest absolute Gasteiger partial charge is 0.322 e. The van der Waals surface area contributed by atoms with Crippen LogP contribution in [0.4, 0.5) is 4.39 Å². The SMILES string of the molecule is O=C1CCC(N2Cc3c(cc4c(c3F)CNCC4)C2=O)C(=O)N1. The molecule has 23 heavy (non-hydrogen) atoms. The molecule has 0 aliphatic carbocycles. The zero-order valence-electron chi connectivity index (χ0n) is 12.4. The Morgan fingerprint density at radius 1 is 1.17 bits per heavy atom. The molecule has 1 atom stereocenters. The second kappa shape index (κ2) is 5.13. The van der Waals surface area contributed by atoms with Crippen LogP contribution in [-0.4, -0.2) is 35.2 Å². The summed E-state index contributed by atoms with van der Waals surface area (Å²) in [5.74, 6) is -1.47. The summed E-state index contributed by atoms with van der Waals surface area (Å²) in [6.45, 7) is 1.30. The average Bonchev–Trinajstić information content (AvgIpc) is 2.85. The van der Waals surface area contributed by atoms with Gasteiger partial charge in [-0.3, -0.25) is 19.7 Å². The molecule has 3 aliphatic heterocycles. The van der Waals surface area contributed by atoms with E-state index in [9.17, 15) is 18.8 Å². The van der Waals surface area contributed by atoms with E-state index in [1.807, 2.05) is 0 Å². The first-order chi connectivity index (χ1) is 11.1. The van der Waals surface area contributed by atoms with Gasteiger partial charge < -0.3 is 10.2 Å². The summed E-state index contributed by atoms with van der Waals surface area (Å²) >= 11 is 0. The van der Waals surface area contributed by atoms with Gasteiger partial charge in [-0.15, -0.1) is 0 Å². The Kier molecular flexibility index (Phi) is 3.19. The van der Waals surface area contributed by atoms with Crippen molar-refractivity contribution in [3.05, 3.63) is 34.1 Å². The Hall–Kier alpha value is -2.28. The lowest BCUT2D eigenvalue weighted by molar-refractivity contribution is -0.136. The normalized spacial score (nSPS) is 23.6. The van der Waals surface area contributed by atoms with Crippen molar-refractivity contribution < 1.29 is 18.8 Å². The zero-order valence-corrected chi connectivity index (χ0v) is 12.4. The Labute approximate surface area is 132 Å². The number of rotatable bonds is 1. The van der Waals surface area contributed by atoms with Gasteiger partial charge in [0.25, 0.3) is 5.91 Å². The number of piperidine rings is 1. The fourth-order valence-corrected chi connectivity index (χ4v) is 3.61. The summed E-state index contributed by atoms with van der Waals surface area (Å²) < 4.78 is 14.8. The number of carbonyl (C=O) groups excluding carboxylic acids is 3. The average molecular weight is 317 g/mol. The molecule has 4 rings (SSSR count). The van der Waals surface area contributed by atoms with Gasteiger partial charge in [0, 0.05) is 29.7 Å². The van der Waals surface area contributed by atoms with Gasteiger partial charge in [0.1, 0.15) is 11.9 Å². The smallest absolute Gasteiger partial charge is 0.255 e. The molecule has 0 bridgehead atoms. The van der Waals surface area contributed by atoms with Crippen LogP contribution in [-0.2, 0) is 29.1 Å². The minimum atomic E-state index is -0.706. The lowest BCUT2D eigenvalue weighted by Gasteiger charge is -2.29. The highest BCUT2D eigenvalue weighted by Crippen LogP contribution is 2.33. The Morgan fingerprint density at radius 3 is 2.78 bits per heavy atom. The minimum Gasteiger partial charge on any atom is -0.322 e. The van der Waals surface area contributed by atoms with Crippen LogP contribution in [0.5, 0.6) is 0 Å². The highest BCUT2D eigenvalue weighted by molar-refractivity contribution is 6.05. The molecule has 7 heteroatoms. The third kappa shape index (κ3) is 2.15. The summed E-state index contributed by atoms with van der Waals surface area (Å²) in [5, 5.41) is 5.38. The van der Waals surface area contributed by atoms with Crippen LogP contribution in [0.25, 0.3) is 0 Å². The van der Waals surface area contributed by atoms with Crippen molar-refractivity contribution in [2.75, 3.05) is 6.54 Å². The van der Waals surface area contributed by atoms with E-state index in [0.717, 1.165) is 12.1 Å². The van der Waals surface area contributed by atoms with Gasteiger partial charge in [0.2, 0.25) is 11.8 Å².